The van der Waals surface area contributed by atoms with Gasteiger partial charge in [-0.05, 0) is 55.2 Å². The minimum Gasteiger partial charge on any atom is -0.497 e. The van der Waals surface area contributed by atoms with Crippen molar-refractivity contribution >= 4 is 17.5 Å². The Kier molecular flexibility index (Phi) is 6.42. The summed E-state index contributed by atoms with van der Waals surface area (Å²) in [7, 11) is 3.17. The van der Waals surface area contributed by atoms with E-state index in [9.17, 15) is 9.59 Å². The van der Waals surface area contributed by atoms with Crippen LogP contribution in [0.25, 0.3) is 0 Å². The number of amides is 2. The highest BCUT2D eigenvalue weighted by molar-refractivity contribution is 6.39. The molecule has 0 atom stereocenters. The van der Waals surface area contributed by atoms with E-state index in [0.717, 1.165) is 42.6 Å². The molecule has 0 saturated heterocycles. The maximum absolute atomic E-state index is 12.5. The van der Waals surface area contributed by atoms with Crippen LogP contribution in [-0.2, 0) is 15.0 Å². The first kappa shape index (κ1) is 20.7. The van der Waals surface area contributed by atoms with Gasteiger partial charge in [0.2, 0.25) is 0 Å². The molecule has 0 spiro atoms. The number of ether oxygens (including phenoxy) is 2. The lowest BCUT2D eigenvalue weighted by atomic mass is 9.78. The van der Waals surface area contributed by atoms with Gasteiger partial charge < -0.3 is 20.1 Å². The normalized spacial score (nSPS) is 14.9. The predicted octanol–water partition coefficient (Wildman–Crippen LogP) is 3.58. The summed E-state index contributed by atoms with van der Waals surface area (Å²) in [6, 6.07) is 13.4. The summed E-state index contributed by atoms with van der Waals surface area (Å²) in [5.74, 6) is -0.0234. The molecule has 154 valence electrons. The first-order valence-electron chi connectivity index (χ1n) is 9.86. The highest BCUT2D eigenvalue weighted by atomic mass is 16.5. The summed E-state index contributed by atoms with van der Waals surface area (Å²) in [5, 5.41) is 5.49. The van der Waals surface area contributed by atoms with Gasteiger partial charge in [-0.25, -0.2) is 0 Å². The zero-order valence-electron chi connectivity index (χ0n) is 17.2. The van der Waals surface area contributed by atoms with E-state index in [1.807, 2.05) is 37.3 Å². The number of nitrogens with one attached hydrogen (secondary N) is 2. The second kappa shape index (κ2) is 8.99. The molecular weight excluding hydrogens is 368 g/mol. The molecule has 0 aliphatic heterocycles. The van der Waals surface area contributed by atoms with Crippen LogP contribution in [0.4, 0.5) is 5.69 Å². The number of hydrogen-bond donors (Lipinski definition) is 2. The summed E-state index contributed by atoms with van der Waals surface area (Å²) in [6.45, 7) is 2.34. The molecule has 1 aliphatic rings. The van der Waals surface area contributed by atoms with E-state index >= 15 is 0 Å². The minimum absolute atomic E-state index is 0.150. The van der Waals surface area contributed by atoms with Gasteiger partial charge >= 0.3 is 11.8 Å². The quantitative estimate of drug-likeness (QED) is 0.732. The number of hydrogen-bond acceptors (Lipinski definition) is 4. The molecule has 2 N–H and O–H groups in total. The monoisotopic (exact) mass is 396 g/mol. The van der Waals surface area contributed by atoms with Crippen molar-refractivity contribution in [2.24, 2.45) is 0 Å². The topological polar surface area (TPSA) is 76.7 Å². The van der Waals surface area contributed by atoms with E-state index in [0.29, 0.717) is 18.0 Å². The summed E-state index contributed by atoms with van der Waals surface area (Å²) >= 11 is 0. The zero-order chi connectivity index (χ0) is 20.9. The van der Waals surface area contributed by atoms with E-state index in [-0.39, 0.29) is 5.41 Å². The van der Waals surface area contributed by atoms with Crippen molar-refractivity contribution in [1.29, 1.82) is 0 Å². The molecule has 0 unspecified atom stereocenters. The van der Waals surface area contributed by atoms with E-state index < -0.39 is 11.8 Å². The van der Waals surface area contributed by atoms with Crippen molar-refractivity contribution in [3.05, 3.63) is 53.6 Å². The molecule has 1 fully saturated rings. The predicted molar refractivity (Wildman–Crippen MR) is 113 cm³/mol. The second-order valence-corrected chi connectivity index (χ2v) is 7.56. The van der Waals surface area contributed by atoms with Crippen LogP contribution in [0.5, 0.6) is 11.5 Å². The Morgan fingerprint density at radius 1 is 0.966 bits per heavy atom. The van der Waals surface area contributed by atoms with Gasteiger partial charge in [0.25, 0.3) is 0 Å². The van der Waals surface area contributed by atoms with E-state index in [1.165, 1.54) is 7.11 Å². The first-order valence-corrected chi connectivity index (χ1v) is 9.86. The van der Waals surface area contributed by atoms with Crippen LogP contribution in [0.15, 0.2) is 42.5 Å². The second-order valence-electron chi connectivity index (χ2n) is 7.56. The molecule has 1 aliphatic carbocycles. The Bertz CT molecular complexity index is 871. The van der Waals surface area contributed by atoms with E-state index in [4.69, 9.17) is 9.47 Å². The van der Waals surface area contributed by atoms with Gasteiger partial charge in [-0.1, -0.05) is 31.0 Å². The third-order valence-electron chi connectivity index (χ3n) is 5.66. The van der Waals surface area contributed by atoms with Crippen LogP contribution in [0.2, 0.25) is 0 Å². The van der Waals surface area contributed by atoms with Gasteiger partial charge in [0.15, 0.2) is 0 Å². The highest BCUT2D eigenvalue weighted by Gasteiger charge is 2.36. The van der Waals surface area contributed by atoms with E-state index in [1.54, 1.807) is 19.2 Å². The number of anilines is 1. The Morgan fingerprint density at radius 2 is 1.66 bits per heavy atom. The molecule has 0 bridgehead atoms. The molecule has 2 aromatic rings. The van der Waals surface area contributed by atoms with Crippen molar-refractivity contribution in [2.45, 2.75) is 38.0 Å². The Hall–Kier alpha value is -3.02. The molecule has 6 nitrogen and oxygen atoms in total. The van der Waals surface area contributed by atoms with E-state index in [2.05, 4.69) is 10.6 Å². The van der Waals surface area contributed by atoms with Gasteiger partial charge in [0.1, 0.15) is 11.5 Å². The lowest BCUT2D eigenvalue weighted by Crippen LogP contribution is -2.43. The summed E-state index contributed by atoms with van der Waals surface area (Å²) < 4.78 is 10.5. The molecule has 0 radical (unpaired) electrons. The number of benzene rings is 2. The first-order chi connectivity index (χ1) is 14.0. The van der Waals surface area contributed by atoms with Crippen LogP contribution in [0.3, 0.4) is 0 Å². The fraction of sp³-hybridized carbons (Fsp3) is 0.391. The molecule has 29 heavy (non-hydrogen) atoms. The third-order valence-corrected chi connectivity index (χ3v) is 5.66. The van der Waals surface area contributed by atoms with Crippen LogP contribution in [0, 0.1) is 6.92 Å². The molecule has 1 saturated carbocycles. The molecule has 3 rings (SSSR count). The SMILES string of the molecule is COc1ccc(C2(CNC(=O)C(=O)Nc3cc(C)ccc3OC)CCCC2)cc1. The van der Waals surface area contributed by atoms with Crippen molar-refractivity contribution < 1.29 is 19.1 Å². The van der Waals surface area contributed by atoms with Gasteiger partial charge in [-0.15, -0.1) is 0 Å². The van der Waals surface area contributed by atoms with Crippen LogP contribution >= 0.6 is 0 Å². The fourth-order valence-corrected chi connectivity index (χ4v) is 3.99. The van der Waals surface area contributed by atoms with Crippen molar-refractivity contribution in [3.8, 4) is 11.5 Å². The van der Waals surface area contributed by atoms with Gasteiger partial charge in [0.05, 0.1) is 19.9 Å². The maximum atomic E-state index is 12.5. The largest absolute Gasteiger partial charge is 0.497 e. The summed E-state index contributed by atoms with van der Waals surface area (Å²) in [4.78, 5) is 24.9. The molecular formula is C23H28N2O4. The van der Waals surface area contributed by atoms with Crippen molar-refractivity contribution in [1.82, 2.24) is 5.32 Å². The smallest absolute Gasteiger partial charge is 0.313 e. The maximum Gasteiger partial charge on any atom is 0.313 e. The molecule has 0 heterocycles. The number of carbonyl (C=O) groups excluding carboxylic acids is 2. The Morgan fingerprint density at radius 3 is 2.28 bits per heavy atom. The van der Waals surface area contributed by atoms with Gasteiger partial charge in [0, 0.05) is 12.0 Å². The molecule has 6 heteroatoms. The van der Waals surface area contributed by atoms with Crippen molar-refractivity contribution in [3.63, 3.8) is 0 Å². The van der Waals surface area contributed by atoms with Crippen LogP contribution < -0.4 is 20.1 Å². The average molecular weight is 396 g/mol. The molecule has 2 amide bonds. The summed E-state index contributed by atoms with van der Waals surface area (Å²) in [5.41, 5.74) is 2.46. The highest BCUT2D eigenvalue weighted by Crippen LogP contribution is 2.41. The number of carbonyl (C=O) groups is 2. The fourth-order valence-electron chi connectivity index (χ4n) is 3.99. The van der Waals surface area contributed by atoms with Gasteiger partial charge in [-0.3, -0.25) is 9.59 Å². The minimum atomic E-state index is -0.697. The van der Waals surface area contributed by atoms with Crippen molar-refractivity contribution in [2.75, 3.05) is 26.1 Å². The molecule has 2 aromatic carbocycles. The third kappa shape index (κ3) is 4.70. The zero-order valence-corrected chi connectivity index (χ0v) is 17.2. The van der Waals surface area contributed by atoms with Gasteiger partial charge in [-0.2, -0.15) is 0 Å². The number of aryl methyl sites for hydroxylation is 1. The molecule has 0 aromatic heterocycles. The number of rotatable bonds is 6. The van der Waals surface area contributed by atoms with Crippen LogP contribution in [0.1, 0.15) is 36.8 Å². The summed E-state index contributed by atoms with van der Waals surface area (Å²) in [6.07, 6.45) is 4.17. The Balaban J connectivity index is 1.67. The number of methoxy groups -OCH3 is 2. The lowest BCUT2D eigenvalue weighted by Gasteiger charge is -2.30. The average Bonchev–Trinajstić information content (AvgIpc) is 3.22. The van der Waals surface area contributed by atoms with Crippen LogP contribution in [-0.4, -0.2) is 32.6 Å². The lowest BCUT2D eigenvalue weighted by molar-refractivity contribution is -0.136. The standard InChI is InChI=1S/C23H28N2O4/c1-16-6-11-20(29-3)19(14-16)25-22(27)21(26)24-15-23(12-4-5-13-23)17-7-9-18(28-2)10-8-17/h6-11,14H,4-5,12-13,15H2,1-3H3,(H,24,26)(H,25,27). The Labute approximate surface area is 171 Å².